The van der Waals surface area contributed by atoms with Gasteiger partial charge in [-0.2, -0.15) is 0 Å². The van der Waals surface area contributed by atoms with Crippen LogP contribution in [0.1, 0.15) is 70.3 Å². The lowest BCUT2D eigenvalue weighted by molar-refractivity contribution is -0.139. The van der Waals surface area contributed by atoms with Gasteiger partial charge in [0.2, 0.25) is 0 Å². The van der Waals surface area contributed by atoms with Crippen molar-refractivity contribution in [2.75, 3.05) is 6.54 Å². The molecule has 2 radical (unpaired) electrons. The number of nitrogens with zero attached hydrogens (tertiary/aromatic N) is 1. The average Bonchev–Trinajstić information content (AvgIpc) is 2.68. The Bertz CT molecular complexity index is 600. The van der Waals surface area contributed by atoms with Gasteiger partial charge in [0.05, 0.1) is 5.92 Å². The van der Waals surface area contributed by atoms with Crippen LogP contribution in [0.5, 0.6) is 0 Å². The maximum Gasteiger partial charge on any atom is 0.378 e. The standard InChI is InChI=1S/C21H30BF2NO2/c1-2-3-7-17(21(26)27-22)8-6-10-18-9-4-5-13-25(18)15-16-11-12-19(23)20(24)14-16/h11-12,14,17-18H,2-10,13,15H2,1H3. The molecule has 0 amide bonds. The van der Waals surface area contributed by atoms with Crippen LogP contribution in [0.15, 0.2) is 18.2 Å². The van der Waals surface area contributed by atoms with Gasteiger partial charge in [-0.25, -0.2) is 8.78 Å². The summed E-state index contributed by atoms with van der Waals surface area (Å²) >= 11 is 0. The summed E-state index contributed by atoms with van der Waals surface area (Å²) in [5.41, 5.74) is 0.799. The first kappa shape index (κ1) is 21.9. The number of carbonyl (C=O) groups is 1. The molecule has 0 aliphatic carbocycles. The summed E-state index contributed by atoms with van der Waals surface area (Å²) < 4.78 is 31.1. The van der Waals surface area contributed by atoms with E-state index >= 15 is 0 Å². The molecule has 1 fully saturated rings. The highest BCUT2D eigenvalue weighted by atomic mass is 19.2. The van der Waals surface area contributed by atoms with Gasteiger partial charge in [-0.1, -0.05) is 38.7 Å². The van der Waals surface area contributed by atoms with Crippen LogP contribution in [0.3, 0.4) is 0 Å². The van der Waals surface area contributed by atoms with Crippen molar-refractivity contribution in [2.45, 2.75) is 77.3 Å². The molecular formula is C21H30BF2NO2. The molecule has 0 spiro atoms. The number of hydrogen-bond donors (Lipinski definition) is 0. The first-order valence-electron chi connectivity index (χ1n) is 10.1. The van der Waals surface area contributed by atoms with Crippen molar-refractivity contribution >= 4 is 14.0 Å². The fraction of sp³-hybridized carbons (Fsp3) is 0.667. The summed E-state index contributed by atoms with van der Waals surface area (Å²) in [7, 11) is 5.07. The highest BCUT2D eigenvalue weighted by Gasteiger charge is 2.24. The Morgan fingerprint density at radius 3 is 2.74 bits per heavy atom. The summed E-state index contributed by atoms with van der Waals surface area (Å²) in [5, 5.41) is 0. The van der Waals surface area contributed by atoms with Crippen molar-refractivity contribution in [3.63, 3.8) is 0 Å². The molecular weight excluding hydrogens is 347 g/mol. The van der Waals surface area contributed by atoms with E-state index in [1.54, 1.807) is 6.07 Å². The fourth-order valence-corrected chi connectivity index (χ4v) is 3.99. The summed E-state index contributed by atoms with van der Waals surface area (Å²) in [6, 6.07) is 4.55. The predicted octanol–water partition coefficient (Wildman–Crippen LogP) is 4.92. The maximum atomic E-state index is 13.5. The van der Waals surface area contributed by atoms with E-state index in [0.717, 1.165) is 63.5 Å². The minimum absolute atomic E-state index is 0.127. The number of carbonyl (C=O) groups excluding carboxylic acids is 1. The number of rotatable bonds is 10. The van der Waals surface area contributed by atoms with Crippen LogP contribution in [0.25, 0.3) is 0 Å². The molecule has 1 aliphatic heterocycles. The average molecular weight is 377 g/mol. The largest absolute Gasteiger partial charge is 0.543 e. The molecule has 0 aromatic heterocycles. The maximum absolute atomic E-state index is 13.5. The monoisotopic (exact) mass is 377 g/mol. The Balaban J connectivity index is 1.88. The van der Waals surface area contributed by atoms with E-state index < -0.39 is 11.6 Å². The molecule has 2 atom stereocenters. The van der Waals surface area contributed by atoms with Gasteiger partial charge in [-0.15, -0.1) is 0 Å². The van der Waals surface area contributed by atoms with Crippen molar-refractivity contribution < 1.29 is 18.2 Å². The second kappa shape index (κ2) is 11.4. The van der Waals surface area contributed by atoms with Gasteiger partial charge in [-0.05, 0) is 56.3 Å². The zero-order valence-electron chi connectivity index (χ0n) is 16.3. The molecule has 0 N–H and O–H groups in total. The number of hydrogen-bond acceptors (Lipinski definition) is 3. The number of benzene rings is 1. The third-order valence-corrected chi connectivity index (χ3v) is 5.56. The van der Waals surface area contributed by atoms with Crippen molar-refractivity contribution in [1.82, 2.24) is 4.90 Å². The quantitative estimate of drug-likeness (QED) is 0.542. The Morgan fingerprint density at radius 2 is 2.04 bits per heavy atom. The zero-order valence-corrected chi connectivity index (χ0v) is 16.3. The Labute approximate surface area is 162 Å². The molecule has 2 rings (SSSR count). The third kappa shape index (κ3) is 6.91. The minimum atomic E-state index is -0.807. The summed E-state index contributed by atoms with van der Waals surface area (Å²) in [6.45, 7) is 3.70. The van der Waals surface area contributed by atoms with E-state index in [0.29, 0.717) is 12.6 Å². The van der Waals surface area contributed by atoms with E-state index in [2.05, 4.69) is 16.5 Å². The molecule has 1 aliphatic rings. The summed E-state index contributed by atoms with van der Waals surface area (Å²) in [6.07, 6.45) is 8.96. The van der Waals surface area contributed by atoms with Gasteiger partial charge < -0.3 is 4.65 Å². The SMILES string of the molecule is [B]OC(=O)C(CCCC)CCCC1CCCCN1Cc1ccc(F)c(F)c1. The first-order chi connectivity index (χ1) is 13.0. The van der Waals surface area contributed by atoms with Crippen LogP contribution in [0.4, 0.5) is 8.78 Å². The van der Waals surface area contributed by atoms with E-state index in [9.17, 15) is 13.6 Å². The predicted molar refractivity (Wildman–Crippen MR) is 103 cm³/mol. The molecule has 3 nitrogen and oxygen atoms in total. The second-order valence-corrected chi connectivity index (χ2v) is 7.58. The van der Waals surface area contributed by atoms with Gasteiger partial charge in [-0.3, -0.25) is 9.69 Å². The van der Waals surface area contributed by atoms with Crippen LogP contribution >= 0.6 is 0 Å². The smallest absolute Gasteiger partial charge is 0.378 e. The van der Waals surface area contributed by atoms with Crippen molar-refractivity contribution in [3.8, 4) is 0 Å². The zero-order chi connectivity index (χ0) is 19.6. The molecule has 1 saturated heterocycles. The minimum Gasteiger partial charge on any atom is -0.543 e. The van der Waals surface area contributed by atoms with Gasteiger partial charge in [0.25, 0.3) is 5.97 Å². The van der Waals surface area contributed by atoms with Gasteiger partial charge >= 0.3 is 8.05 Å². The fourth-order valence-electron chi connectivity index (χ4n) is 3.99. The lowest BCUT2D eigenvalue weighted by atomic mass is 9.91. The van der Waals surface area contributed by atoms with Crippen LogP contribution in [0, 0.1) is 17.6 Å². The van der Waals surface area contributed by atoms with Gasteiger partial charge in [0.1, 0.15) is 0 Å². The van der Waals surface area contributed by atoms with Crippen molar-refractivity contribution in [2.24, 2.45) is 5.92 Å². The molecule has 6 heteroatoms. The van der Waals surface area contributed by atoms with E-state index in [1.807, 2.05) is 0 Å². The molecule has 0 bridgehead atoms. The highest BCUT2D eigenvalue weighted by molar-refractivity contribution is 6.05. The van der Waals surface area contributed by atoms with Crippen molar-refractivity contribution in [1.29, 1.82) is 0 Å². The van der Waals surface area contributed by atoms with Gasteiger partial charge in [0.15, 0.2) is 11.6 Å². The van der Waals surface area contributed by atoms with E-state index in [-0.39, 0.29) is 11.9 Å². The van der Waals surface area contributed by atoms with Gasteiger partial charge in [0, 0.05) is 12.6 Å². The lowest BCUT2D eigenvalue weighted by Crippen LogP contribution is -2.39. The molecule has 2 unspecified atom stereocenters. The van der Waals surface area contributed by atoms with E-state index in [4.69, 9.17) is 8.05 Å². The first-order valence-corrected chi connectivity index (χ1v) is 10.1. The summed E-state index contributed by atoms with van der Waals surface area (Å²) in [5.74, 6) is -2.04. The molecule has 148 valence electrons. The summed E-state index contributed by atoms with van der Waals surface area (Å²) in [4.78, 5) is 14.2. The molecule has 1 aromatic carbocycles. The second-order valence-electron chi connectivity index (χ2n) is 7.58. The Hall–Kier alpha value is -1.43. The third-order valence-electron chi connectivity index (χ3n) is 5.56. The Morgan fingerprint density at radius 1 is 1.26 bits per heavy atom. The number of halogens is 2. The van der Waals surface area contributed by atoms with Crippen LogP contribution < -0.4 is 0 Å². The molecule has 1 aromatic rings. The Kier molecular flexibility index (Phi) is 9.25. The van der Waals surface area contributed by atoms with Crippen LogP contribution in [-0.2, 0) is 16.0 Å². The topological polar surface area (TPSA) is 29.5 Å². The number of piperidine rings is 1. The number of likely N-dealkylation sites (tertiary alicyclic amines) is 1. The lowest BCUT2D eigenvalue weighted by Gasteiger charge is -2.36. The molecule has 27 heavy (non-hydrogen) atoms. The highest BCUT2D eigenvalue weighted by Crippen LogP contribution is 2.26. The number of unbranched alkanes of at least 4 members (excludes halogenated alkanes) is 1. The molecule has 1 heterocycles. The van der Waals surface area contributed by atoms with Crippen LogP contribution in [0.2, 0.25) is 0 Å². The molecule has 0 saturated carbocycles. The van der Waals surface area contributed by atoms with E-state index in [1.165, 1.54) is 18.6 Å². The normalized spacial score (nSPS) is 19.0. The van der Waals surface area contributed by atoms with Crippen LogP contribution in [-0.4, -0.2) is 31.5 Å². The van der Waals surface area contributed by atoms with Crippen molar-refractivity contribution in [3.05, 3.63) is 35.4 Å².